The number of fused-ring (bicyclic) bond motifs is 1. The fraction of sp³-hybridized carbons (Fsp3) is 0.231. The maximum absolute atomic E-state index is 13.8. The van der Waals surface area contributed by atoms with Crippen molar-refractivity contribution in [2.45, 2.75) is 18.9 Å². The summed E-state index contributed by atoms with van der Waals surface area (Å²) in [6.07, 6.45) is 4.73. The van der Waals surface area contributed by atoms with Crippen LogP contribution in [-0.2, 0) is 12.8 Å². The molecule has 1 heterocycles. The minimum Gasteiger partial charge on any atom is -0.351 e. The van der Waals surface area contributed by atoms with Gasteiger partial charge in [0, 0.05) is 18.4 Å². The van der Waals surface area contributed by atoms with Gasteiger partial charge in [0.1, 0.15) is 5.82 Å². The molecule has 0 spiro atoms. The van der Waals surface area contributed by atoms with E-state index in [4.69, 9.17) is 11.6 Å². The molecule has 92 valence electrons. The molecule has 1 aromatic carbocycles. The molecule has 0 saturated heterocycles. The van der Waals surface area contributed by atoms with E-state index in [-0.39, 0.29) is 16.9 Å². The number of nitrogens with zero attached hydrogens (tertiary/aromatic N) is 2. The van der Waals surface area contributed by atoms with Gasteiger partial charge in [-0.2, -0.15) is 0 Å². The number of nitrogens with one attached hydrogen (secondary N) is 1. The maximum atomic E-state index is 13.8. The molecule has 1 aliphatic carbocycles. The normalized spacial score (nSPS) is 17.6. The minimum absolute atomic E-state index is 0.121. The van der Waals surface area contributed by atoms with Gasteiger partial charge in [-0.3, -0.25) is 0 Å². The molecule has 5 heteroatoms. The summed E-state index contributed by atoms with van der Waals surface area (Å²) >= 11 is 5.78. The van der Waals surface area contributed by atoms with Crippen LogP contribution in [0.3, 0.4) is 0 Å². The highest BCUT2D eigenvalue weighted by Crippen LogP contribution is 2.30. The van der Waals surface area contributed by atoms with Crippen LogP contribution in [0.5, 0.6) is 0 Å². The Balaban J connectivity index is 1.79. The van der Waals surface area contributed by atoms with Crippen LogP contribution >= 0.6 is 11.6 Å². The van der Waals surface area contributed by atoms with Gasteiger partial charge in [0.05, 0.1) is 5.02 Å². The Kier molecular flexibility index (Phi) is 2.88. The van der Waals surface area contributed by atoms with Gasteiger partial charge in [0.2, 0.25) is 5.95 Å². The van der Waals surface area contributed by atoms with E-state index in [0.717, 1.165) is 12.0 Å². The Labute approximate surface area is 109 Å². The molecule has 1 N–H and O–H groups in total. The number of benzene rings is 1. The molecule has 3 nitrogen and oxygen atoms in total. The van der Waals surface area contributed by atoms with Crippen LogP contribution in [0.1, 0.15) is 11.1 Å². The van der Waals surface area contributed by atoms with Gasteiger partial charge in [-0.15, -0.1) is 0 Å². The molecular formula is C13H11ClFN3. The van der Waals surface area contributed by atoms with Crippen LogP contribution in [0.4, 0.5) is 10.3 Å². The first-order valence-electron chi connectivity index (χ1n) is 5.73. The second-order valence-electron chi connectivity index (χ2n) is 4.32. The van der Waals surface area contributed by atoms with E-state index in [0.29, 0.717) is 17.9 Å². The predicted molar refractivity (Wildman–Crippen MR) is 68.3 cm³/mol. The molecule has 0 radical (unpaired) electrons. The summed E-state index contributed by atoms with van der Waals surface area (Å²) in [5.74, 6) is 0.272. The fourth-order valence-corrected chi connectivity index (χ4v) is 2.46. The van der Waals surface area contributed by atoms with Crippen LogP contribution in [0.15, 0.2) is 30.6 Å². The van der Waals surface area contributed by atoms with E-state index in [1.54, 1.807) is 24.5 Å². The molecule has 0 amide bonds. The van der Waals surface area contributed by atoms with Crippen LogP contribution in [-0.4, -0.2) is 16.0 Å². The van der Waals surface area contributed by atoms with Gasteiger partial charge >= 0.3 is 0 Å². The van der Waals surface area contributed by atoms with Gasteiger partial charge in [-0.1, -0.05) is 17.7 Å². The average molecular weight is 264 g/mol. The summed E-state index contributed by atoms with van der Waals surface area (Å²) < 4.78 is 13.8. The van der Waals surface area contributed by atoms with Crippen molar-refractivity contribution in [1.82, 2.24) is 9.97 Å². The second kappa shape index (κ2) is 4.53. The van der Waals surface area contributed by atoms with Crippen LogP contribution in [0.2, 0.25) is 5.02 Å². The third kappa shape index (κ3) is 2.04. The van der Waals surface area contributed by atoms with Gasteiger partial charge in [0.25, 0.3) is 0 Å². The average Bonchev–Trinajstić information content (AvgIpc) is 2.79. The second-order valence-corrected chi connectivity index (χ2v) is 4.73. The molecule has 2 aromatic rings. The number of anilines is 1. The first kappa shape index (κ1) is 11.4. The SMILES string of the molecule is Fc1c(Cl)ccc2c1CC(Nc1ncccn1)C2. The molecule has 0 fully saturated rings. The Morgan fingerprint density at radius 1 is 1.22 bits per heavy atom. The molecule has 1 unspecified atom stereocenters. The summed E-state index contributed by atoms with van der Waals surface area (Å²) in [4.78, 5) is 8.21. The highest BCUT2D eigenvalue weighted by atomic mass is 35.5. The van der Waals surface area contributed by atoms with Crippen LogP contribution < -0.4 is 5.32 Å². The van der Waals surface area contributed by atoms with Crippen LogP contribution in [0, 0.1) is 5.82 Å². The van der Waals surface area contributed by atoms with Crippen molar-refractivity contribution in [1.29, 1.82) is 0 Å². The summed E-state index contributed by atoms with van der Waals surface area (Å²) in [5.41, 5.74) is 1.71. The Morgan fingerprint density at radius 2 is 2.00 bits per heavy atom. The van der Waals surface area contributed by atoms with Crippen molar-refractivity contribution in [3.8, 4) is 0 Å². The third-order valence-corrected chi connectivity index (χ3v) is 3.40. The molecule has 1 atom stereocenters. The monoisotopic (exact) mass is 263 g/mol. The van der Waals surface area contributed by atoms with Gasteiger partial charge in [-0.05, 0) is 36.1 Å². The van der Waals surface area contributed by atoms with E-state index in [9.17, 15) is 4.39 Å². The maximum Gasteiger partial charge on any atom is 0.222 e. The summed E-state index contributed by atoms with van der Waals surface area (Å²) in [6, 6.07) is 5.37. The van der Waals surface area contributed by atoms with E-state index in [1.807, 2.05) is 6.07 Å². The molecule has 0 bridgehead atoms. The fourth-order valence-electron chi connectivity index (χ4n) is 2.29. The van der Waals surface area contributed by atoms with E-state index in [1.165, 1.54) is 0 Å². The zero-order valence-corrected chi connectivity index (χ0v) is 10.3. The van der Waals surface area contributed by atoms with Crippen molar-refractivity contribution >= 4 is 17.5 Å². The molecule has 0 saturated carbocycles. The largest absolute Gasteiger partial charge is 0.351 e. The van der Waals surface area contributed by atoms with Crippen molar-refractivity contribution in [2.24, 2.45) is 0 Å². The topological polar surface area (TPSA) is 37.8 Å². The number of halogens is 2. The van der Waals surface area contributed by atoms with Crippen molar-refractivity contribution in [3.05, 3.63) is 52.6 Å². The summed E-state index contributed by atoms with van der Waals surface area (Å²) in [5, 5.41) is 3.39. The molecule has 1 aliphatic rings. The Bertz CT molecular complexity index is 574. The first-order chi connectivity index (χ1) is 8.74. The highest BCUT2D eigenvalue weighted by molar-refractivity contribution is 6.30. The highest BCUT2D eigenvalue weighted by Gasteiger charge is 2.25. The number of hydrogen-bond donors (Lipinski definition) is 1. The molecule has 1 aromatic heterocycles. The lowest BCUT2D eigenvalue weighted by Gasteiger charge is -2.10. The number of hydrogen-bond acceptors (Lipinski definition) is 3. The summed E-state index contributed by atoms with van der Waals surface area (Å²) in [6.45, 7) is 0. The summed E-state index contributed by atoms with van der Waals surface area (Å²) in [7, 11) is 0. The lowest BCUT2D eigenvalue weighted by molar-refractivity contribution is 0.610. The van der Waals surface area contributed by atoms with E-state index >= 15 is 0 Å². The van der Waals surface area contributed by atoms with Gasteiger partial charge in [-0.25, -0.2) is 14.4 Å². The van der Waals surface area contributed by atoms with Gasteiger partial charge < -0.3 is 5.32 Å². The number of aromatic nitrogens is 2. The lowest BCUT2D eigenvalue weighted by atomic mass is 10.1. The minimum atomic E-state index is -0.299. The molecular weight excluding hydrogens is 253 g/mol. The molecule has 3 rings (SSSR count). The smallest absolute Gasteiger partial charge is 0.222 e. The van der Waals surface area contributed by atoms with E-state index in [2.05, 4.69) is 15.3 Å². The molecule has 18 heavy (non-hydrogen) atoms. The third-order valence-electron chi connectivity index (χ3n) is 3.11. The van der Waals surface area contributed by atoms with Crippen molar-refractivity contribution in [3.63, 3.8) is 0 Å². The quantitative estimate of drug-likeness (QED) is 0.905. The van der Waals surface area contributed by atoms with Crippen molar-refractivity contribution < 1.29 is 4.39 Å². The zero-order chi connectivity index (χ0) is 12.5. The Hall–Kier alpha value is -1.68. The van der Waals surface area contributed by atoms with E-state index < -0.39 is 0 Å². The zero-order valence-electron chi connectivity index (χ0n) is 9.53. The predicted octanol–water partition coefficient (Wildman–Crippen LogP) is 2.85. The standard InChI is InChI=1S/C13H11ClFN3/c14-11-3-2-8-6-9(7-10(8)12(11)15)18-13-16-4-1-5-17-13/h1-5,9H,6-7H2,(H,16,17,18). The Morgan fingerprint density at radius 3 is 2.78 bits per heavy atom. The van der Waals surface area contributed by atoms with Gasteiger partial charge in [0.15, 0.2) is 0 Å². The first-order valence-corrected chi connectivity index (χ1v) is 6.11. The number of rotatable bonds is 2. The van der Waals surface area contributed by atoms with Crippen LogP contribution in [0.25, 0.3) is 0 Å². The lowest BCUT2D eigenvalue weighted by Crippen LogP contribution is -2.20. The van der Waals surface area contributed by atoms with Crippen molar-refractivity contribution in [2.75, 3.05) is 5.32 Å². The molecule has 0 aliphatic heterocycles.